The second-order valence-electron chi connectivity index (χ2n) is 4.26. The molecule has 2 aromatic rings. The first-order valence-electron chi connectivity index (χ1n) is 5.73. The van der Waals surface area contributed by atoms with E-state index in [9.17, 15) is 0 Å². The number of hydrogen-bond donors (Lipinski definition) is 1. The summed E-state index contributed by atoms with van der Waals surface area (Å²) in [6.07, 6.45) is 0. The van der Waals surface area contributed by atoms with Crippen molar-refractivity contribution in [2.24, 2.45) is 0 Å². The smallest absolute Gasteiger partial charge is 0.0992 e. The Bertz CT molecular complexity index is 582. The fourth-order valence-corrected chi connectivity index (χ4v) is 1.70. The minimum atomic E-state index is 0.656. The van der Waals surface area contributed by atoms with Gasteiger partial charge in [-0.25, -0.2) is 0 Å². The van der Waals surface area contributed by atoms with E-state index in [1.54, 1.807) is 6.07 Å². The Morgan fingerprint density at radius 2 is 1.67 bits per heavy atom. The van der Waals surface area contributed by atoms with E-state index in [1.165, 1.54) is 0 Å². The third kappa shape index (κ3) is 2.80. The van der Waals surface area contributed by atoms with E-state index in [2.05, 4.69) is 28.4 Å². The van der Waals surface area contributed by atoms with Crippen LogP contribution in [0.3, 0.4) is 0 Å². The van der Waals surface area contributed by atoms with Crippen molar-refractivity contribution in [2.45, 2.75) is 0 Å². The molecule has 18 heavy (non-hydrogen) atoms. The number of benzene rings is 2. The Morgan fingerprint density at radius 1 is 1.00 bits per heavy atom. The summed E-state index contributed by atoms with van der Waals surface area (Å²) >= 11 is 0. The first-order chi connectivity index (χ1) is 8.69. The zero-order chi connectivity index (χ0) is 13.0. The summed E-state index contributed by atoms with van der Waals surface area (Å²) in [7, 11) is 4.02. The quantitative estimate of drug-likeness (QED) is 0.889. The van der Waals surface area contributed by atoms with Gasteiger partial charge in [0.25, 0.3) is 0 Å². The summed E-state index contributed by atoms with van der Waals surface area (Å²) < 4.78 is 0. The number of nitrogens with zero attached hydrogens (tertiary/aromatic N) is 2. The molecule has 0 fully saturated rings. The van der Waals surface area contributed by atoms with E-state index < -0.39 is 0 Å². The van der Waals surface area contributed by atoms with Crippen molar-refractivity contribution >= 4 is 17.1 Å². The Kier molecular flexibility index (Phi) is 3.49. The molecule has 0 amide bonds. The van der Waals surface area contributed by atoms with Crippen LogP contribution in [0.2, 0.25) is 0 Å². The van der Waals surface area contributed by atoms with E-state index in [1.807, 2.05) is 44.4 Å². The van der Waals surface area contributed by atoms with Crippen LogP contribution in [-0.4, -0.2) is 14.1 Å². The van der Waals surface area contributed by atoms with Crippen LogP contribution in [0.15, 0.2) is 48.5 Å². The van der Waals surface area contributed by atoms with Gasteiger partial charge < -0.3 is 10.2 Å². The molecular formula is C15H15N3. The maximum atomic E-state index is 8.86. The molecule has 0 atom stereocenters. The second-order valence-corrected chi connectivity index (χ2v) is 4.26. The molecule has 0 unspecified atom stereocenters. The molecule has 0 spiro atoms. The molecular weight excluding hydrogens is 222 g/mol. The van der Waals surface area contributed by atoms with Crippen LogP contribution in [-0.2, 0) is 0 Å². The van der Waals surface area contributed by atoms with Crippen molar-refractivity contribution in [1.82, 2.24) is 0 Å². The number of rotatable bonds is 3. The Labute approximate surface area is 107 Å². The Morgan fingerprint density at radius 3 is 2.33 bits per heavy atom. The van der Waals surface area contributed by atoms with Crippen LogP contribution in [0, 0.1) is 11.3 Å². The zero-order valence-corrected chi connectivity index (χ0v) is 10.5. The number of hydrogen-bond acceptors (Lipinski definition) is 3. The molecule has 3 heteroatoms. The summed E-state index contributed by atoms with van der Waals surface area (Å²) in [4.78, 5) is 2.05. The second kappa shape index (κ2) is 5.24. The fourth-order valence-electron chi connectivity index (χ4n) is 1.70. The van der Waals surface area contributed by atoms with Crippen LogP contribution in [0.25, 0.3) is 0 Å². The van der Waals surface area contributed by atoms with Crippen LogP contribution in [0.4, 0.5) is 17.1 Å². The van der Waals surface area contributed by atoms with Crippen molar-refractivity contribution in [3.8, 4) is 6.07 Å². The average molecular weight is 237 g/mol. The van der Waals surface area contributed by atoms with Gasteiger partial charge in [0.2, 0.25) is 0 Å². The van der Waals surface area contributed by atoms with Gasteiger partial charge in [0.15, 0.2) is 0 Å². The van der Waals surface area contributed by atoms with Gasteiger partial charge in [0.05, 0.1) is 11.6 Å². The van der Waals surface area contributed by atoms with Crippen LogP contribution in [0.1, 0.15) is 5.56 Å². The predicted molar refractivity (Wildman–Crippen MR) is 75.2 cm³/mol. The molecule has 3 nitrogen and oxygen atoms in total. The summed E-state index contributed by atoms with van der Waals surface area (Å²) in [5.41, 5.74) is 3.72. The maximum absolute atomic E-state index is 8.86. The van der Waals surface area contributed by atoms with E-state index >= 15 is 0 Å². The van der Waals surface area contributed by atoms with Gasteiger partial charge in [0, 0.05) is 31.2 Å². The summed E-state index contributed by atoms with van der Waals surface area (Å²) in [5, 5.41) is 12.2. The highest BCUT2D eigenvalue weighted by Gasteiger charge is 1.99. The van der Waals surface area contributed by atoms with Crippen molar-refractivity contribution < 1.29 is 0 Å². The van der Waals surface area contributed by atoms with Gasteiger partial charge >= 0.3 is 0 Å². The lowest BCUT2D eigenvalue weighted by molar-refractivity contribution is 1.13. The van der Waals surface area contributed by atoms with Gasteiger partial charge in [0.1, 0.15) is 0 Å². The molecule has 1 N–H and O–H groups in total. The van der Waals surface area contributed by atoms with E-state index in [-0.39, 0.29) is 0 Å². The van der Waals surface area contributed by atoms with Crippen molar-refractivity contribution in [1.29, 1.82) is 5.26 Å². The summed E-state index contributed by atoms with van der Waals surface area (Å²) in [6.45, 7) is 0. The van der Waals surface area contributed by atoms with E-state index in [0.29, 0.717) is 5.56 Å². The number of nitrogens with one attached hydrogen (secondary N) is 1. The molecule has 0 aromatic heterocycles. The minimum absolute atomic E-state index is 0.656. The molecule has 0 bridgehead atoms. The van der Waals surface area contributed by atoms with Gasteiger partial charge in [-0.3, -0.25) is 0 Å². The summed E-state index contributed by atoms with van der Waals surface area (Å²) in [6, 6.07) is 17.7. The molecule has 0 heterocycles. The highest BCUT2D eigenvalue weighted by Crippen LogP contribution is 2.21. The highest BCUT2D eigenvalue weighted by atomic mass is 15.1. The third-order valence-corrected chi connectivity index (χ3v) is 2.64. The molecule has 90 valence electrons. The monoisotopic (exact) mass is 237 g/mol. The first kappa shape index (κ1) is 12.0. The third-order valence-electron chi connectivity index (χ3n) is 2.64. The lowest BCUT2D eigenvalue weighted by Crippen LogP contribution is -2.08. The van der Waals surface area contributed by atoms with Crippen molar-refractivity contribution in [3.05, 3.63) is 54.1 Å². The van der Waals surface area contributed by atoms with Crippen LogP contribution in [0.5, 0.6) is 0 Å². The van der Waals surface area contributed by atoms with E-state index in [0.717, 1.165) is 17.1 Å². The standard InChI is InChI=1S/C15H15N3/c1-18(2)15-8-4-7-14(10-15)17-13-6-3-5-12(9-13)11-16/h3-10,17H,1-2H3. The minimum Gasteiger partial charge on any atom is -0.378 e. The predicted octanol–water partition coefficient (Wildman–Crippen LogP) is 3.37. The normalized spacial score (nSPS) is 9.61. The molecule has 0 aliphatic heterocycles. The largest absolute Gasteiger partial charge is 0.378 e. The summed E-state index contributed by atoms with van der Waals surface area (Å²) in [5.74, 6) is 0. The molecule has 0 saturated heterocycles. The van der Waals surface area contributed by atoms with Crippen LogP contribution >= 0.6 is 0 Å². The van der Waals surface area contributed by atoms with Gasteiger partial charge in [-0.2, -0.15) is 5.26 Å². The molecule has 0 saturated carbocycles. The number of anilines is 3. The zero-order valence-electron chi connectivity index (χ0n) is 10.5. The van der Waals surface area contributed by atoms with E-state index in [4.69, 9.17) is 5.26 Å². The Hall–Kier alpha value is -2.47. The molecule has 0 radical (unpaired) electrons. The van der Waals surface area contributed by atoms with Crippen molar-refractivity contribution in [2.75, 3.05) is 24.3 Å². The molecule has 2 rings (SSSR count). The Balaban J connectivity index is 2.23. The highest BCUT2D eigenvalue weighted by molar-refractivity contribution is 5.65. The van der Waals surface area contributed by atoms with Gasteiger partial charge in [-0.1, -0.05) is 12.1 Å². The molecule has 2 aromatic carbocycles. The first-order valence-corrected chi connectivity index (χ1v) is 5.73. The van der Waals surface area contributed by atoms with Crippen molar-refractivity contribution in [3.63, 3.8) is 0 Å². The molecule has 0 aliphatic carbocycles. The fraction of sp³-hybridized carbons (Fsp3) is 0.133. The lowest BCUT2D eigenvalue weighted by atomic mass is 10.2. The number of nitriles is 1. The van der Waals surface area contributed by atoms with Gasteiger partial charge in [-0.15, -0.1) is 0 Å². The topological polar surface area (TPSA) is 39.1 Å². The molecule has 0 aliphatic rings. The maximum Gasteiger partial charge on any atom is 0.0992 e. The average Bonchev–Trinajstić information content (AvgIpc) is 2.39. The van der Waals surface area contributed by atoms with Gasteiger partial charge in [-0.05, 0) is 36.4 Å². The van der Waals surface area contributed by atoms with Crippen LogP contribution < -0.4 is 10.2 Å². The SMILES string of the molecule is CN(C)c1cccc(Nc2cccc(C#N)c2)c1. The lowest BCUT2D eigenvalue weighted by Gasteiger charge is -2.14.